The van der Waals surface area contributed by atoms with Crippen LogP contribution in [0.1, 0.15) is 10.4 Å². The van der Waals surface area contributed by atoms with Gasteiger partial charge in [0.25, 0.3) is 5.91 Å². The van der Waals surface area contributed by atoms with E-state index < -0.39 is 0 Å². The Kier molecular flexibility index (Phi) is 4.19. The summed E-state index contributed by atoms with van der Waals surface area (Å²) in [6.07, 6.45) is 1.42. The fraction of sp³-hybridized carbons (Fsp3) is 0.200. The summed E-state index contributed by atoms with van der Waals surface area (Å²) in [6, 6.07) is 3.99. The number of carbonyl (C=O) groups is 1. The average Bonchev–Trinajstić information content (AvgIpc) is 2.14. The number of aliphatic imine (C=N–C) groups is 1. The molecule has 0 bridgehead atoms. The molecule has 0 unspecified atom stereocenters. The Morgan fingerprint density at radius 2 is 2.20 bits per heavy atom. The van der Waals surface area contributed by atoms with E-state index in [1.54, 1.807) is 19.0 Å². The highest BCUT2D eigenvalue weighted by Crippen LogP contribution is 2.14. The monoisotopic (exact) mass is 320 g/mol. The summed E-state index contributed by atoms with van der Waals surface area (Å²) in [6.45, 7) is 0. The molecule has 0 heterocycles. The molecule has 0 fully saturated rings. The molecule has 0 spiro atoms. The van der Waals surface area contributed by atoms with Crippen LogP contribution in [0.15, 0.2) is 23.2 Å². The van der Waals surface area contributed by atoms with Crippen LogP contribution in [-0.2, 0) is 0 Å². The fourth-order valence-corrected chi connectivity index (χ4v) is 1.61. The van der Waals surface area contributed by atoms with Gasteiger partial charge in [-0.15, -0.1) is 0 Å². The summed E-state index contributed by atoms with van der Waals surface area (Å²) >= 11 is 1.91. The van der Waals surface area contributed by atoms with E-state index in [1.807, 2.05) is 22.6 Å². The number of hydrogen-bond acceptors (Lipinski definition) is 1. The Labute approximate surface area is 101 Å². The van der Waals surface area contributed by atoms with E-state index in [2.05, 4.69) is 4.99 Å². The van der Waals surface area contributed by atoms with Crippen LogP contribution in [0.25, 0.3) is 0 Å². The first-order valence-electron chi connectivity index (χ1n) is 4.20. The third kappa shape index (κ3) is 3.58. The van der Waals surface area contributed by atoms with Gasteiger partial charge in [-0.1, -0.05) is 0 Å². The minimum atomic E-state index is -0.367. The third-order valence-electron chi connectivity index (χ3n) is 1.57. The summed E-state index contributed by atoms with van der Waals surface area (Å²) in [4.78, 5) is 16.9. The number of carbonyl (C=O) groups excluding carboxylic acids is 1. The first-order valence-corrected chi connectivity index (χ1v) is 5.28. The van der Waals surface area contributed by atoms with Crippen molar-refractivity contribution in [1.82, 2.24) is 4.90 Å². The van der Waals surface area contributed by atoms with Gasteiger partial charge in [0, 0.05) is 17.7 Å². The quantitative estimate of drug-likeness (QED) is 0.475. The molecule has 0 N–H and O–H groups in total. The smallest absolute Gasteiger partial charge is 0.279 e. The van der Waals surface area contributed by atoms with Crippen LogP contribution < -0.4 is 0 Å². The normalized spacial score (nSPS) is 10.7. The highest BCUT2D eigenvalue weighted by atomic mass is 127. The van der Waals surface area contributed by atoms with Crippen LogP contribution in [0.5, 0.6) is 0 Å². The zero-order valence-electron chi connectivity index (χ0n) is 8.37. The van der Waals surface area contributed by atoms with Crippen LogP contribution in [0.3, 0.4) is 0 Å². The van der Waals surface area contributed by atoms with Gasteiger partial charge in [0.1, 0.15) is 5.82 Å². The molecule has 0 atom stereocenters. The third-order valence-corrected chi connectivity index (χ3v) is 2.46. The lowest BCUT2D eigenvalue weighted by Gasteiger charge is -2.03. The SMILES string of the molecule is CN(C)C=NC(=O)c1ccc(F)cc1I. The van der Waals surface area contributed by atoms with Crippen molar-refractivity contribution in [3.8, 4) is 0 Å². The molecule has 1 amide bonds. The highest BCUT2D eigenvalue weighted by Gasteiger charge is 2.08. The molecular weight excluding hydrogens is 310 g/mol. The van der Waals surface area contributed by atoms with Crippen molar-refractivity contribution in [3.05, 3.63) is 33.1 Å². The van der Waals surface area contributed by atoms with E-state index in [4.69, 9.17) is 0 Å². The number of amides is 1. The molecule has 0 aliphatic rings. The zero-order valence-corrected chi connectivity index (χ0v) is 10.5. The number of hydrogen-bond donors (Lipinski definition) is 0. The Morgan fingerprint density at radius 3 is 2.73 bits per heavy atom. The first kappa shape index (κ1) is 12.1. The molecule has 1 aromatic rings. The number of halogens is 2. The van der Waals surface area contributed by atoms with Crippen LogP contribution in [-0.4, -0.2) is 31.2 Å². The topological polar surface area (TPSA) is 32.7 Å². The summed E-state index contributed by atoms with van der Waals surface area (Å²) < 4.78 is 13.3. The fourth-order valence-electron chi connectivity index (χ4n) is 0.900. The lowest BCUT2D eigenvalue weighted by Crippen LogP contribution is -2.10. The van der Waals surface area contributed by atoms with E-state index in [0.29, 0.717) is 9.13 Å². The van der Waals surface area contributed by atoms with E-state index in [-0.39, 0.29) is 11.7 Å². The van der Waals surface area contributed by atoms with Gasteiger partial charge in [0.15, 0.2) is 0 Å². The molecule has 3 nitrogen and oxygen atoms in total. The van der Waals surface area contributed by atoms with E-state index in [1.165, 1.54) is 24.5 Å². The number of rotatable bonds is 2. The predicted molar refractivity (Wildman–Crippen MR) is 65.6 cm³/mol. The van der Waals surface area contributed by atoms with Gasteiger partial charge in [-0.05, 0) is 40.8 Å². The molecule has 1 aromatic carbocycles. The molecule has 0 saturated carbocycles. The minimum Gasteiger partial charge on any atom is -0.369 e. The number of nitrogens with zero attached hydrogens (tertiary/aromatic N) is 2. The number of benzene rings is 1. The van der Waals surface area contributed by atoms with Gasteiger partial charge in [0.2, 0.25) is 0 Å². The molecular formula is C10H10FIN2O. The molecule has 5 heteroatoms. The molecule has 1 rings (SSSR count). The molecule has 0 aliphatic carbocycles. The van der Waals surface area contributed by atoms with Crippen molar-refractivity contribution in [3.63, 3.8) is 0 Å². The Hall–Kier alpha value is -0.980. The Bertz CT molecular complexity index is 404. The Morgan fingerprint density at radius 1 is 1.53 bits per heavy atom. The Balaban J connectivity index is 2.92. The van der Waals surface area contributed by atoms with Crippen LogP contribution in [0.4, 0.5) is 4.39 Å². The van der Waals surface area contributed by atoms with Gasteiger partial charge in [0.05, 0.1) is 11.9 Å². The lowest BCUT2D eigenvalue weighted by molar-refractivity contribution is 0.100. The van der Waals surface area contributed by atoms with E-state index >= 15 is 0 Å². The summed E-state index contributed by atoms with van der Waals surface area (Å²) in [5.41, 5.74) is 0.412. The largest absolute Gasteiger partial charge is 0.369 e. The summed E-state index contributed by atoms with van der Waals surface area (Å²) in [5, 5.41) is 0. The second kappa shape index (κ2) is 5.20. The maximum Gasteiger partial charge on any atom is 0.279 e. The van der Waals surface area contributed by atoms with E-state index in [0.717, 1.165) is 0 Å². The summed E-state index contributed by atoms with van der Waals surface area (Å²) in [7, 11) is 3.54. The van der Waals surface area contributed by atoms with Crippen LogP contribution in [0, 0.1) is 9.39 Å². The van der Waals surface area contributed by atoms with Gasteiger partial charge >= 0.3 is 0 Å². The molecule has 0 radical (unpaired) electrons. The van der Waals surface area contributed by atoms with Crippen molar-refractivity contribution < 1.29 is 9.18 Å². The molecule has 15 heavy (non-hydrogen) atoms. The summed E-state index contributed by atoms with van der Waals surface area (Å²) in [5.74, 6) is -0.722. The second-order valence-corrected chi connectivity index (χ2v) is 4.30. The molecule has 0 aromatic heterocycles. The zero-order chi connectivity index (χ0) is 11.4. The van der Waals surface area contributed by atoms with Crippen molar-refractivity contribution in [2.24, 2.45) is 4.99 Å². The average molecular weight is 320 g/mol. The van der Waals surface area contributed by atoms with Crippen molar-refractivity contribution in [2.75, 3.05) is 14.1 Å². The minimum absolute atomic E-state index is 0.354. The van der Waals surface area contributed by atoms with Crippen molar-refractivity contribution >= 4 is 34.8 Å². The molecule has 80 valence electrons. The van der Waals surface area contributed by atoms with Gasteiger partial charge in [-0.25, -0.2) is 4.39 Å². The highest BCUT2D eigenvalue weighted by molar-refractivity contribution is 14.1. The molecule has 0 saturated heterocycles. The van der Waals surface area contributed by atoms with Crippen LogP contribution in [0.2, 0.25) is 0 Å². The lowest BCUT2D eigenvalue weighted by atomic mass is 10.2. The first-order chi connectivity index (χ1) is 7.00. The van der Waals surface area contributed by atoms with E-state index in [9.17, 15) is 9.18 Å². The maximum atomic E-state index is 12.8. The van der Waals surface area contributed by atoms with Gasteiger partial charge in [-0.2, -0.15) is 4.99 Å². The van der Waals surface area contributed by atoms with Crippen molar-refractivity contribution in [2.45, 2.75) is 0 Å². The van der Waals surface area contributed by atoms with Crippen molar-refractivity contribution in [1.29, 1.82) is 0 Å². The predicted octanol–water partition coefficient (Wildman–Crippen LogP) is 2.16. The standard InChI is InChI=1S/C10H10FIN2O/c1-14(2)6-13-10(15)8-4-3-7(11)5-9(8)12/h3-6H,1-2H3. The van der Waals surface area contributed by atoms with Gasteiger partial charge < -0.3 is 4.90 Å². The second-order valence-electron chi connectivity index (χ2n) is 3.14. The van der Waals surface area contributed by atoms with Crippen LogP contribution >= 0.6 is 22.6 Å². The molecule has 0 aliphatic heterocycles. The van der Waals surface area contributed by atoms with Gasteiger partial charge in [-0.3, -0.25) is 4.79 Å². The maximum absolute atomic E-state index is 12.8.